The third-order valence-electron chi connectivity index (χ3n) is 4.64. The zero-order valence-corrected chi connectivity index (χ0v) is 16.8. The van der Waals surface area contributed by atoms with E-state index in [9.17, 15) is 18.0 Å². The smallest absolute Gasteiger partial charge is 0.273 e. The number of hydrogen-bond donors (Lipinski definition) is 3. The lowest BCUT2D eigenvalue weighted by Gasteiger charge is -2.03. The molecule has 1 aromatic carbocycles. The van der Waals surface area contributed by atoms with Crippen molar-refractivity contribution in [3.8, 4) is 0 Å². The van der Waals surface area contributed by atoms with E-state index < -0.39 is 23.4 Å². The van der Waals surface area contributed by atoms with E-state index in [0.29, 0.717) is 43.2 Å². The molecular formula is C21H19F3N6O2. The number of carbonyl (C=O) groups excluding carboxylic acids is 1. The van der Waals surface area contributed by atoms with Crippen LogP contribution in [0.2, 0.25) is 0 Å². The fourth-order valence-electron chi connectivity index (χ4n) is 3.07. The van der Waals surface area contributed by atoms with Gasteiger partial charge in [-0.15, -0.1) is 0 Å². The number of nitrogens with zero attached hydrogens (tertiary/aromatic N) is 3. The fourth-order valence-corrected chi connectivity index (χ4v) is 3.07. The molecule has 0 unspecified atom stereocenters. The van der Waals surface area contributed by atoms with Gasteiger partial charge in [0.1, 0.15) is 29.2 Å². The minimum absolute atomic E-state index is 0.0619. The van der Waals surface area contributed by atoms with Crippen molar-refractivity contribution in [2.75, 3.05) is 13.1 Å². The number of imidazole rings is 1. The number of rotatable bonds is 9. The normalized spacial score (nSPS) is 11.2. The van der Waals surface area contributed by atoms with Crippen LogP contribution in [-0.4, -0.2) is 38.9 Å². The van der Waals surface area contributed by atoms with Crippen LogP contribution >= 0.6 is 0 Å². The van der Waals surface area contributed by atoms with Crippen molar-refractivity contribution < 1.29 is 22.4 Å². The van der Waals surface area contributed by atoms with E-state index in [4.69, 9.17) is 4.42 Å². The molecule has 4 rings (SSSR count). The van der Waals surface area contributed by atoms with Gasteiger partial charge in [-0.3, -0.25) is 9.78 Å². The predicted octanol–water partition coefficient (Wildman–Crippen LogP) is 2.67. The summed E-state index contributed by atoms with van der Waals surface area (Å²) < 4.78 is 45.8. The summed E-state index contributed by atoms with van der Waals surface area (Å²) in [5.41, 5.74) is 0.644. The van der Waals surface area contributed by atoms with Crippen molar-refractivity contribution >= 4 is 16.9 Å². The number of aromatic amines is 1. The molecule has 3 N–H and O–H groups in total. The maximum Gasteiger partial charge on any atom is 0.273 e. The molecule has 0 saturated heterocycles. The van der Waals surface area contributed by atoms with E-state index in [2.05, 4.69) is 30.6 Å². The minimum Gasteiger partial charge on any atom is -0.448 e. The summed E-state index contributed by atoms with van der Waals surface area (Å²) >= 11 is 0. The van der Waals surface area contributed by atoms with E-state index in [-0.39, 0.29) is 23.4 Å². The Balaban J connectivity index is 1.20. The van der Waals surface area contributed by atoms with E-state index in [1.54, 1.807) is 0 Å². The highest BCUT2D eigenvalue weighted by Crippen LogP contribution is 2.17. The maximum absolute atomic E-state index is 13.7. The van der Waals surface area contributed by atoms with E-state index in [1.807, 2.05) is 0 Å². The largest absolute Gasteiger partial charge is 0.448 e. The Morgan fingerprint density at radius 1 is 1.09 bits per heavy atom. The first-order valence-electron chi connectivity index (χ1n) is 9.86. The third-order valence-corrected chi connectivity index (χ3v) is 4.64. The molecule has 32 heavy (non-hydrogen) atoms. The van der Waals surface area contributed by atoms with Gasteiger partial charge in [-0.25, -0.2) is 23.1 Å². The van der Waals surface area contributed by atoms with Crippen molar-refractivity contribution in [1.82, 2.24) is 30.6 Å². The Kier molecular flexibility index (Phi) is 6.45. The monoisotopic (exact) mass is 444 g/mol. The van der Waals surface area contributed by atoms with Crippen LogP contribution in [0.25, 0.3) is 11.0 Å². The fraction of sp³-hybridized carbons (Fsp3) is 0.238. The molecule has 166 valence electrons. The zero-order valence-electron chi connectivity index (χ0n) is 16.8. The van der Waals surface area contributed by atoms with Crippen LogP contribution in [0.1, 0.15) is 27.9 Å². The highest BCUT2D eigenvalue weighted by Gasteiger charge is 2.13. The second-order valence-electron chi connectivity index (χ2n) is 6.96. The maximum atomic E-state index is 13.7. The van der Waals surface area contributed by atoms with Gasteiger partial charge < -0.3 is 20.0 Å². The van der Waals surface area contributed by atoms with Crippen molar-refractivity contribution in [1.29, 1.82) is 0 Å². The Bertz CT molecular complexity index is 1240. The molecule has 0 aliphatic rings. The summed E-state index contributed by atoms with van der Waals surface area (Å²) in [5.74, 6) is -1.45. The summed E-state index contributed by atoms with van der Waals surface area (Å²) in [5, 5.41) is 5.71. The summed E-state index contributed by atoms with van der Waals surface area (Å²) in [6.07, 6.45) is 3.60. The van der Waals surface area contributed by atoms with Crippen molar-refractivity contribution in [3.05, 3.63) is 77.3 Å². The summed E-state index contributed by atoms with van der Waals surface area (Å²) in [4.78, 5) is 27.1. The lowest BCUT2D eigenvalue weighted by Crippen LogP contribution is -2.24. The van der Waals surface area contributed by atoms with Gasteiger partial charge in [-0.05, 0) is 18.2 Å². The number of pyridine rings is 1. The van der Waals surface area contributed by atoms with Gasteiger partial charge in [-0.2, -0.15) is 0 Å². The molecular weight excluding hydrogens is 425 g/mol. The van der Waals surface area contributed by atoms with Gasteiger partial charge in [0.05, 0.1) is 17.8 Å². The van der Waals surface area contributed by atoms with Gasteiger partial charge in [0.2, 0.25) is 0 Å². The average molecular weight is 444 g/mol. The summed E-state index contributed by atoms with van der Waals surface area (Å²) in [7, 11) is 0. The van der Waals surface area contributed by atoms with E-state index >= 15 is 0 Å². The summed E-state index contributed by atoms with van der Waals surface area (Å²) in [6, 6.07) is 4.73. The number of hydrogen-bond acceptors (Lipinski definition) is 6. The van der Waals surface area contributed by atoms with Crippen LogP contribution < -0.4 is 10.6 Å². The second-order valence-corrected chi connectivity index (χ2v) is 6.96. The first-order valence-corrected chi connectivity index (χ1v) is 9.86. The van der Waals surface area contributed by atoms with Crippen LogP contribution in [-0.2, 0) is 19.4 Å². The molecule has 0 atom stereocenters. The molecule has 3 aromatic heterocycles. The topological polar surface area (TPSA) is 109 Å². The molecule has 8 nitrogen and oxygen atoms in total. The van der Waals surface area contributed by atoms with Gasteiger partial charge in [0, 0.05) is 38.2 Å². The first-order chi connectivity index (χ1) is 15.5. The lowest BCUT2D eigenvalue weighted by atomic mass is 10.3. The number of H-pyrrole nitrogens is 1. The molecule has 0 aliphatic carbocycles. The van der Waals surface area contributed by atoms with Crippen LogP contribution in [0.3, 0.4) is 0 Å². The SMILES string of the molecule is O=C(NCc1ncccc1F)c1coc(CCNCCc2nc3c(F)cc(F)cc3[nH]2)n1. The minimum atomic E-state index is -0.704. The highest BCUT2D eigenvalue weighted by atomic mass is 19.1. The number of nitrogens with one attached hydrogen (secondary N) is 3. The average Bonchev–Trinajstić information content (AvgIpc) is 3.40. The highest BCUT2D eigenvalue weighted by molar-refractivity contribution is 5.91. The molecule has 0 saturated carbocycles. The van der Waals surface area contributed by atoms with Crippen molar-refractivity contribution in [3.63, 3.8) is 0 Å². The Morgan fingerprint density at radius 2 is 1.94 bits per heavy atom. The van der Waals surface area contributed by atoms with Gasteiger partial charge in [0.25, 0.3) is 5.91 Å². The molecule has 4 aromatic rings. The quantitative estimate of drug-likeness (QED) is 0.343. The van der Waals surface area contributed by atoms with Gasteiger partial charge >= 0.3 is 0 Å². The summed E-state index contributed by atoms with van der Waals surface area (Å²) in [6.45, 7) is 0.991. The standard InChI is InChI=1S/C21H19F3N6O2/c22-12-8-14(24)20-15(9-12)28-18(30-20)3-6-25-7-4-19-29-17(11-32-19)21(31)27-10-16-13(23)2-1-5-26-16/h1-2,5,8-9,11,25H,3-4,6-7,10H2,(H,27,31)(H,28,30). The molecule has 0 fully saturated rings. The number of fused-ring (bicyclic) bond motifs is 1. The van der Waals surface area contributed by atoms with Crippen LogP contribution in [0.4, 0.5) is 13.2 Å². The molecule has 1 amide bonds. The predicted molar refractivity (Wildman–Crippen MR) is 108 cm³/mol. The third kappa shape index (κ3) is 5.11. The number of amides is 1. The Labute approximate surface area is 180 Å². The molecule has 0 aliphatic heterocycles. The van der Waals surface area contributed by atoms with Crippen LogP contribution in [0.5, 0.6) is 0 Å². The number of carbonyl (C=O) groups is 1. The Morgan fingerprint density at radius 3 is 2.78 bits per heavy atom. The van der Waals surface area contributed by atoms with Gasteiger partial charge in [0.15, 0.2) is 17.4 Å². The Hall–Kier alpha value is -3.73. The zero-order chi connectivity index (χ0) is 22.5. The second kappa shape index (κ2) is 9.60. The molecule has 3 heterocycles. The van der Waals surface area contributed by atoms with E-state index in [1.165, 1.54) is 30.7 Å². The number of benzene rings is 1. The molecule has 0 spiro atoms. The lowest BCUT2D eigenvalue weighted by molar-refractivity contribution is 0.0945. The van der Waals surface area contributed by atoms with E-state index in [0.717, 1.165) is 6.07 Å². The van der Waals surface area contributed by atoms with Crippen LogP contribution in [0, 0.1) is 17.5 Å². The van der Waals surface area contributed by atoms with Gasteiger partial charge in [-0.1, -0.05) is 0 Å². The number of halogens is 3. The molecule has 0 radical (unpaired) electrons. The van der Waals surface area contributed by atoms with Crippen LogP contribution in [0.15, 0.2) is 41.1 Å². The van der Waals surface area contributed by atoms with Crippen molar-refractivity contribution in [2.45, 2.75) is 19.4 Å². The first kappa shape index (κ1) is 21.5. The molecule has 11 heteroatoms. The van der Waals surface area contributed by atoms with Crippen molar-refractivity contribution in [2.24, 2.45) is 0 Å². The molecule has 0 bridgehead atoms. The number of oxazole rings is 1. The number of aromatic nitrogens is 4.